The quantitative estimate of drug-likeness (QED) is 0.248. The largest absolute Gasteiger partial charge is 0.461 e. The second kappa shape index (κ2) is 11.0. The van der Waals surface area contributed by atoms with E-state index in [1.807, 2.05) is 97.9 Å². The number of aryl methyl sites for hydroxylation is 1. The van der Waals surface area contributed by atoms with E-state index in [9.17, 15) is 10.1 Å². The number of hydrogen-bond donors (Lipinski definition) is 0. The summed E-state index contributed by atoms with van der Waals surface area (Å²) in [6.07, 6.45) is 0. The molecule has 0 saturated heterocycles. The van der Waals surface area contributed by atoms with Gasteiger partial charge in [-0.3, -0.25) is 0 Å². The van der Waals surface area contributed by atoms with Crippen LogP contribution in [0.2, 0.25) is 0 Å². The first-order chi connectivity index (χ1) is 18.6. The zero-order valence-electron chi connectivity index (χ0n) is 20.8. The van der Waals surface area contributed by atoms with Crippen molar-refractivity contribution < 1.29 is 9.53 Å². The molecule has 2 heterocycles. The maximum absolute atomic E-state index is 12.6. The molecule has 0 amide bonds. The Labute approximate surface area is 224 Å². The van der Waals surface area contributed by atoms with Gasteiger partial charge in [-0.05, 0) is 37.6 Å². The lowest BCUT2D eigenvalue weighted by Gasteiger charge is -2.10. The molecule has 186 valence electrons. The molecule has 38 heavy (non-hydrogen) atoms. The van der Waals surface area contributed by atoms with Crippen molar-refractivity contribution in [1.29, 1.82) is 5.26 Å². The molecule has 0 aliphatic rings. The van der Waals surface area contributed by atoms with E-state index >= 15 is 0 Å². The molecule has 0 bridgehead atoms. The van der Waals surface area contributed by atoms with E-state index in [0.29, 0.717) is 16.1 Å². The first kappa shape index (κ1) is 24.8. The Morgan fingerprint density at radius 1 is 1.00 bits per heavy atom. The number of carbonyl (C=O) groups is 1. The van der Waals surface area contributed by atoms with E-state index in [4.69, 9.17) is 14.7 Å². The first-order valence-corrected chi connectivity index (χ1v) is 12.8. The Hall–Kier alpha value is -4.87. The number of aromatic nitrogens is 3. The van der Waals surface area contributed by atoms with E-state index in [1.54, 1.807) is 11.6 Å². The maximum Gasteiger partial charge on any atom is 0.369 e. The van der Waals surface area contributed by atoms with Crippen LogP contribution in [0.3, 0.4) is 0 Å². The third-order valence-corrected chi connectivity index (χ3v) is 6.65. The van der Waals surface area contributed by atoms with E-state index < -0.39 is 5.97 Å². The second-order valence-electron chi connectivity index (χ2n) is 8.37. The predicted octanol–water partition coefficient (Wildman–Crippen LogP) is 6.25. The summed E-state index contributed by atoms with van der Waals surface area (Å²) < 4.78 is 6.77. The van der Waals surface area contributed by atoms with E-state index in [1.165, 1.54) is 0 Å². The summed E-state index contributed by atoms with van der Waals surface area (Å²) in [6.45, 7) is 3.97. The second-order valence-corrected chi connectivity index (χ2v) is 9.32. The van der Waals surface area contributed by atoms with Crippen molar-refractivity contribution in [3.63, 3.8) is 0 Å². The molecular formula is C30H23N5O2S. The highest BCUT2D eigenvalue weighted by molar-refractivity contribution is 7.10. The topological polar surface area (TPSA) is 93.2 Å². The molecule has 0 spiro atoms. The number of carbonyl (C=O) groups excluding carboxylic acids is 1. The average Bonchev–Trinajstić information content (AvgIpc) is 3.38. The molecule has 0 aliphatic heterocycles. The summed E-state index contributed by atoms with van der Waals surface area (Å²) in [5, 5.41) is 14.9. The summed E-state index contributed by atoms with van der Waals surface area (Å²) in [6, 6.07) is 31.4. The average molecular weight is 518 g/mol. The molecular weight excluding hydrogens is 494 g/mol. The lowest BCUT2D eigenvalue weighted by atomic mass is 9.98. The zero-order chi connectivity index (χ0) is 26.5. The van der Waals surface area contributed by atoms with Gasteiger partial charge in [0.1, 0.15) is 11.6 Å². The highest BCUT2D eigenvalue weighted by atomic mass is 32.1. The van der Waals surface area contributed by atoms with Crippen LogP contribution in [0.15, 0.2) is 96.0 Å². The first-order valence-electron chi connectivity index (χ1n) is 12.0. The fourth-order valence-corrected chi connectivity index (χ4v) is 4.70. The van der Waals surface area contributed by atoms with Crippen LogP contribution in [0.1, 0.15) is 27.9 Å². The molecule has 2 aromatic heterocycles. The number of nitrogens with zero attached hydrogens (tertiary/aromatic N) is 5. The van der Waals surface area contributed by atoms with Crippen LogP contribution in [-0.2, 0) is 4.74 Å². The molecule has 5 aromatic rings. The van der Waals surface area contributed by atoms with Crippen molar-refractivity contribution >= 4 is 23.1 Å². The van der Waals surface area contributed by atoms with Crippen LogP contribution in [-0.4, -0.2) is 27.3 Å². The molecule has 0 unspecified atom stereocenters. The highest BCUT2D eigenvalue weighted by Crippen LogP contribution is 2.33. The molecule has 3 aromatic carbocycles. The smallest absolute Gasteiger partial charge is 0.369 e. The van der Waals surface area contributed by atoms with Gasteiger partial charge >= 0.3 is 5.97 Å². The summed E-state index contributed by atoms with van der Waals surface area (Å²) in [7, 11) is 0. The van der Waals surface area contributed by atoms with Crippen LogP contribution in [0, 0.1) is 18.3 Å². The van der Waals surface area contributed by atoms with Gasteiger partial charge in [-0.15, -0.1) is 5.10 Å². The molecule has 7 nitrogen and oxygen atoms in total. The van der Waals surface area contributed by atoms with Crippen molar-refractivity contribution in [2.75, 3.05) is 6.61 Å². The van der Waals surface area contributed by atoms with E-state index in [0.717, 1.165) is 39.3 Å². The lowest BCUT2D eigenvalue weighted by Crippen LogP contribution is -2.14. The monoisotopic (exact) mass is 517 g/mol. The molecule has 0 fully saturated rings. The van der Waals surface area contributed by atoms with Gasteiger partial charge in [0.05, 0.1) is 18.0 Å². The number of esters is 1. The Balaban J connectivity index is 1.79. The van der Waals surface area contributed by atoms with Gasteiger partial charge in [0, 0.05) is 11.1 Å². The van der Waals surface area contributed by atoms with Gasteiger partial charge in [0.25, 0.3) is 0 Å². The highest BCUT2D eigenvalue weighted by Gasteiger charge is 2.19. The Morgan fingerprint density at radius 3 is 2.29 bits per heavy atom. The molecule has 0 atom stereocenters. The van der Waals surface area contributed by atoms with Crippen LogP contribution >= 0.6 is 11.3 Å². The fourth-order valence-electron chi connectivity index (χ4n) is 3.90. The number of pyridine rings is 1. The predicted molar refractivity (Wildman–Crippen MR) is 147 cm³/mol. The van der Waals surface area contributed by atoms with Gasteiger partial charge in [0.15, 0.2) is 5.82 Å². The van der Waals surface area contributed by atoms with Crippen molar-refractivity contribution in [2.45, 2.75) is 13.8 Å². The van der Waals surface area contributed by atoms with Crippen molar-refractivity contribution in [3.8, 4) is 34.1 Å². The lowest BCUT2D eigenvalue weighted by molar-refractivity contribution is 0.0524. The molecule has 0 radical (unpaired) electrons. The zero-order valence-corrected chi connectivity index (χ0v) is 21.6. The molecule has 8 heteroatoms. The number of ether oxygens (including phenoxy) is 1. The van der Waals surface area contributed by atoms with Gasteiger partial charge in [-0.1, -0.05) is 89.7 Å². The van der Waals surface area contributed by atoms with Gasteiger partial charge < -0.3 is 4.74 Å². The fraction of sp³-hybridized carbons (Fsp3) is 0.100. The normalized spacial score (nSPS) is 11.2. The number of benzene rings is 3. The number of rotatable bonds is 6. The van der Waals surface area contributed by atoms with Crippen LogP contribution < -0.4 is 4.80 Å². The van der Waals surface area contributed by atoms with E-state index in [2.05, 4.69) is 11.2 Å². The molecule has 0 saturated carbocycles. The Morgan fingerprint density at radius 2 is 1.66 bits per heavy atom. The molecule has 5 rings (SSSR count). The van der Waals surface area contributed by atoms with Gasteiger partial charge in [0.2, 0.25) is 9.81 Å². The standard InChI is InChI=1S/C30H23N5O2S/c1-3-37-29(36)28-34-35(23-16-14-20(2)15-17-23)30(38-28)33-27-25(19-31)24(21-10-6-4-7-11-21)18-26(32-27)22-12-8-5-9-13-22/h4-18H,3H2,1-2H3/b33-30-. The van der Waals surface area contributed by atoms with Crippen molar-refractivity contribution in [2.24, 2.45) is 4.99 Å². The van der Waals surface area contributed by atoms with Crippen molar-refractivity contribution in [1.82, 2.24) is 14.8 Å². The maximum atomic E-state index is 12.6. The summed E-state index contributed by atoms with van der Waals surface area (Å²) in [4.78, 5) is 22.6. The minimum Gasteiger partial charge on any atom is -0.461 e. The van der Waals surface area contributed by atoms with E-state index in [-0.39, 0.29) is 17.4 Å². The summed E-state index contributed by atoms with van der Waals surface area (Å²) in [5.74, 6) is -0.288. The third kappa shape index (κ3) is 5.14. The minimum atomic E-state index is -0.531. The summed E-state index contributed by atoms with van der Waals surface area (Å²) >= 11 is 1.09. The molecule has 0 aliphatic carbocycles. The SMILES string of the molecule is CCOC(=O)c1nn(-c2ccc(C)cc2)/c(=N/c2nc(-c3ccccc3)cc(-c3ccccc3)c2C#N)s1. The van der Waals surface area contributed by atoms with Crippen LogP contribution in [0.25, 0.3) is 28.1 Å². The van der Waals surface area contributed by atoms with Crippen molar-refractivity contribution in [3.05, 3.63) is 112 Å². The van der Waals surface area contributed by atoms with Crippen LogP contribution in [0.5, 0.6) is 0 Å². The van der Waals surface area contributed by atoms with Gasteiger partial charge in [-0.2, -0.15) is 10.3 Å². The van der Waals surface area contributed by atoms with Gasteiger partial charge in [-0.25, -0.2) is 14.5 Å². The summed E-state index contributed by atoms with van der Waals surface area (Å²) in [5.41, 5.74) is 5.32. The number of nitriles is 1. The third-order valence-electron chi connectivity index (χ3n) is 5.76. The Bertz CT molecular complexity index is 1700. The molecule has 0 N–H and O–H groups in total. The minimum absolute atomic E-state index is 0.159. The number of hydrogen-bond acceptors (Lipinski definition) is 7. The van der Waals surface area contributed by atoms with Crippen LogP contribution in [0.4, 0.5) is 5.82 Å². The Kier molecular flexibility index (Phi) is 7.20.